The SMILES string of the molecule is CNCCC1CCCCN1Cc1cnccn1. The minimum atomic E-state index is 0.707. The Bertz CT molecular complexity index is 314. The number of hydrogen-bond donors (Lipinski definition) is 1. The average Bonchev–Trinajstić information content (AvgIpc) is 2.39. The van der Waals surface area contributed by atoms with Gasteiger partial charge in [0.2, 0.25) is 0 Å². The van der Waals surface area contributed by atoms with E-state index < -0.39 is 0 Å². The summed E-state index contributed by atoms with van der Waals surface area (Å²) in [6.45, 7) is 3.24. The Morgan fingerprint density at radius 3 is 3.12 bits per heavy atom. The zero-order valence-electron chi connectivity index (χ0n) is 10.6. The number of piperidine rings is 1. The molecule has 0 bridgehead atoms. The van der Waals surface area contributed by atoms with E-state index in [1.165, 1.54) is 32.2 Å². The first-order valence-electron chi connectivity index (χ1n) is 6.53. The van der Waals surface area contributed by atoms with Gasteiger partial charge in [-0.3, -0.25) is 14.9 Å². The van der Waals surface area contributed by atoms with Gasteiger partial charge in [0.1, 0.15) is 0 Å². The molecule has 1 unspecified atom stereocenters. The second kappa shape index (κ2) is 6.67. The molecule has 94 valence electrons. The highest BCUT2D eigenvalue weighted by molar-refractivity contribution is 4.95. The summed E-state index contributed by atoms with van der Waals surface area (Å²) < 4.78 is 0. The van der Waals surface area contributed by atoms with Crippen LogP contribution in [0.4, 0.5) is 0 Å². The van der Waals surface area contributed by atoms with E-state index in [4.69, 9.17) is 0 Å². The number of hydrogen-bond acceptors (Lipinski definition) is 4. The smallest absolute Gasteiger partial charge is 0.0726 e. The van der Waals surface area contributed by atoms with E-state index in [0.717, 1.165) is 18.8 Å². The molecule has 1 fully saturated rings. The molecule has 0 saturated carbocycles. The van der Waals surface area contributed by atoms with Gasteiger partial charge < -0.3 is 5.32 Å². The van der Waals surface area contributed by atoms with E-state index in [1.807, 2.05) is 13.2 Å². The van der Waals surface area contributed by atoms with Crippen molar-refractivity contribution < 1.29 is 0 Å². The molecule has 1 aromatic heterocycles. The van der Waals surface area contributed by atoms with Crippen LogP contribution in [0.15, 0.2) is 18.6 Å². The zero-order chi connectivity index (χ0) is 11.9. The Kier molecular flexibility index (Phi) is 4.88. The summed E-state index contributed by atoms with van der Waals surface area (Å²) in [6.07, 6.45) is 10.6. The maximum Gasteiger partial charge on any atom is 0.0726 e. The highest BCUT2D eigenvalue weighted by Crippen LogP contribution is 2.20. The summed E-state index contributed by atoms with van der Waals surface area (Å²) in [5, 5.41) is 3.24. The van der Waals surface area contributed by atoms with Crippen molar-refractivity contribution in [2.75, 3.05) is 20.1 Å². The molecule has 1 N–H and O–H groups in total. The van der Waals surface area contributed by atoms with E-state index >= 15 is 0 Å². The predicted octanol–water partition coefficient (Wildman–Crippen LogP) is 1.44. The molecule has 2 rings (SSSR count). The van der Waals surface area contributed by atoms with Crippen molar-refractivity contribution in [3.05, 3.63) is 24.3 Å². The lowest BCUT2D eigenvalue weighted by Crippen LogP contribution is -2.40. The van der Waals surface area contributed by atoms with Crippen molar-refractivity contribution in [1.82, 2.24) is 20.2 Å². The largest absolute Gasteiger partial charge is 0.320 e. The van der Waals surface area contributed by atoms with Crippen LogP contribution in [-0.2, 0) is 6.54 Å². The lowest BCUT2D eigenvalue weighted by Gasteiger charge is -2.35. The molecular weight excluding hydrogens is 212 g/mol. The van der Waals surface area contributed by atoms with Crippen molar-refractivity contribution >= 4 is 0 Å². The molecule has 0 spiro atoms. The molecule has 4 heteroatoms. The topological polar surface area (TPSA) is 41.0 Å². The Balaban J connectivity index is 1.92. The molecule has 0 aliphatic carbocycles. The maximum absolute atomic E-state index is 4.37. The number of likely N-dealkylation sites (tertiary alicyclic amines) is 1. The van der Waals surface area contributed by atoms with Gasteiger partial charge in [0.05, 0.1) is 5.69 Å². The molecule has 4 nitrogen and oxygen atoms in total. The summed E-state index contributed by atoms with van der Waals surface area (Å²) in [5.74, 6) is 0. The summed E-state index contributed by atoms with van der Waals surface area (Å²) in [5.41, 5.74) is 1.09. The van der Waals surface area contributed by atoms with Crippen molar-refractivity contribution in [2.45, 2.75) is 38.3 Å². The average molecular weight is 234 g/mol. The van der Waals surface area contributed by atoms with Crippen LogP contribution in [0.1, 0.15) is 31.4 Å². The van der Waals surface area contributed by atoms with Crippen LogP contribution in [0.25, 0.3) is 0 Å². The van der Waals surface area contributed by atoms with Gasteiger partial charge in [-0.15, -0.1) is 0 Å². The zero-order valence-corrected chi connectivity index (χ0v) is 10.6. The van der Waals surface area contributed by atoms with Crippen LogP contribution >= 0.6 is 0 Å². The molecule has 0 amide bonds. The van der Waals surface area contributed by atoms with Crippen LogP contribution in [0.5, 0.6) is 0 Å². The van der Waals surface area contributed by atoms with E-state index in [2.05, 4.69) is 20.2 Å². The molecule has 0 aromatic carbocycles. The normalized spacial score (nSPS) is 21.6. The third-order valence-corrected chi connectivity index (χ3v) is 3.46. The van der Waals surface area contributed by atoms with Gasteiger partial charge in [-0.2, -0.15) is 0 Å². The highest BCUT2D eigenvalue weighted by atomic mass is 15.2. The number of nitrogens with zero attached hydrogens (tertiary/aromatic N) is 3. The van der Waals surface area contributed by atoms with Gasteiger partial charge in [0, 0.05) is 31.2 Å². The molecule has 1 aromatic rings. The standard InChI is InChI=1S/C13H22N4/c1-14-6-5-13-4-2-3-9-17(13)11-12-10-15-7-8-16-12/h7-8,10,13-14H,2-6,9,11H2,1H3. The van der Waals surface area contributed by atoms with E-state index in [-0.39, 0.29) is 0 Å². The Morgan fingerprint density at radius 2 is 2.35 bits per heavy atom. The van der Waals surface area contributed by atoms with Crippen LogP contribution < -0.4 is 5.32 Å². The third-order valence-electron chi connectivity index (χ3n) is 3.46. The molecule has 1 aliphatic rings. The monoisotopic (exact) mass is 234 g/mol. The van der Waals surface area contributed by atoms with Crippen molar-refractivity contribution in [2.24, 2.45) is 0 Å². The second-order valence-electron chi connectivity index (χ2n) is 4.71. The number of aromatic nitrogens is 2. The van der Waals surface area contributed by atoms with Gasteiger partial charge in [-0.1, -0.05) is 6.42 Å². The van der Waals surface area contributed by atoms with E-state index in [1.54, 1.807) is 12.4 Å². The fourth-order valence-corrected chi connectivity index (χ4v) is 2.53. The lowest BCUT2D eigenvalue weighted by molar-refractivity contribution is 0.131. The van der Waals surface area contributed by atoms with Gasteiger partial charge >= 0.3 is 0 Å². The van der Waals surface area contributed by atoms with Gasteiger partial charge in [0.25, 0.3) is 0 Å². The molecule has 2 heterocycles. The molecule has 0 radical (unpaired) electrons. The highest BCUT2D eigenvalue weighted by Gasteiger charge is 2.22. The lowest BCUT2D eigenvalue weighted by atomic mass is 9.99. The number of nitrogens with one attached hydrogen (secondary N) is 1. The molecular formula is C13H22N4. The first kappa shape index (κ1) is 12.5. The van der Waals surface area contributed by atoms with Gasteiger partial charge in [-0.25, -0.2) is 0 Å². The fourth-order valence-electron chi connectivity index (χ4n) is 2.53. The molecule has 1 saturated heterocycles. The minimum absolute atomic E-state index is 0.707. The van der Waals surface area contributed by atoms with Crippen molar-refractivity contribution in [3.8, 4) is 0 Å². The minimum Gasteiger partial charge on any atom is -0.320 e. The number of rotatable bonds is 5. The first-order valence-corrected chi connectivity index (χ1v) is 6.53. The summed E-state index contributed by atoms with van der Waals surface area (Å²) in [7, 11) is 2.02. The fraction of sp³-hybridized carbons (Fsp3) is 0.692. The van der Waals surface area contributed by atoms with E-state index in [9.17, 15) is 0 Å². The van der Waals surface area contributed by atoms with Crippen molar-refractivity contribution in [1.29, 1.82) is 0 Å². The Morgan fingerprint density at radius 1 is 1.41 bits per heavy atom. The van der Waals surface area contributed by atoms with Gasteiger partial charge in [0.15, 0.2) is 0 Å². The van der Waals surface area contributed by atoms with Crippen LogP contribution in [-0.4, -0.2) is 41.0 Å². The maximum atomic E-state index is 4.37. The Labute approximate surface area is 103 Å². The molecule has 17 heavy (non-hydrogen) atoms. The predicted molar refractivity (Wildman–Crippen MR) is 68.6 cm³/mol. The molecule has 1 aliphatic heterocycles. The second-order valence-corrected chi connectivity index (χ2v) is 4.71. The van der Waals surface area contributed by atoms with Gasteiger partial charge in [-0.05, 0) is 39.4 Å². The Hall–Kier alpha value is -1.00. The first-order chi connectivity index (χ1) is 8.40. The van der Waals surface area contributed by atoms with Crippen molar-refractivity contribution in [3.63, 3.8) is 0 Å². The summed E-state index contributed by atoms with van der Waals surface area (Å²) in [6, 6.07) is 0.707. The van der Waals surface area contributed by atoms with Crippen LogP contribution in [0.2, 0.25) is 0 Å². The summed E-state index contributed by atoms with van der Waals surface area (Å²) >= 11 is 0. The van der Waals surface area contributed by atoms with Crippen LogP contribution in [0.3, 0.4) is 0 Å². The quantitative estimate of drug-likeness (QED) is 0.837. The third kappa shape index (κ3) is 3.75. The summed E-state index contributed by atoms with van der Waals surface area (Å²) in [4.78, 5) is 11.1. The van der Waals surface area contributed by atoms with E-state index in [0.29, 0.717) is 6.04 Å². The molecule has 1 atom stereocenters. The van der Waals surface area contributed by atoms with Crippen LogP contribution in [0, 0.1) is 0 Å².